The van der Waals surface area contributed by atoms with Crippen LogP contribution >= 0.6 is 0 Å². The number of carbonyl (C=O) groups excluding carboxylic acids is 3. The second-order valence-corrected chi connectivity index (χ2v) is 4.50. The number of carbonyl (C=O) groups is 3. The Morgan fingerprint density at radius 2 is 1.43 bits per heavy atom. The third-order valence-electron chi connectivity index (χ3n) is 1.34. The van der Waals surface area contributed by atoms with Gasteiger partial charge in [-0.25, -0.2) is 4.21 Å². The first-order chi connectivity index (χ1) is 9.74. The van der Waals surface area contributed by atoms with Crippen molar-refractivity contribution in [3.63, 3.8) is 0 Å². The summed E-state index contributed by atoms with van der Waals surface area (Å²) in [4.78, 5) is 30.1. The molecular formula is C13H27NO6S. The molecule has 0 aliphatic rings. The van der Waals surface area contributed by atoms with Gasteiger partial charge in [-0.15, -0.1) is 0 Å². The Hall–Kier alpha value is -1.28. The molecule has 0 aromatic heterocycles. The highest BCUT2D eigenvalue weighted by Gasteiger charge is 2.01. The second-order valence-electron chi connectivity index (χ2n) is 3.59. The molecule has 0 radical (unpaired) electrons. The van der Waals surface area contributed by atoms with Crippen molar-refractivity contribution in [2.75, 3.05) is 13.2 Å². The molecule has 0 rings (SSSR count). The van der Waals surface area contributed by atoms with E-state index < -0.39 is 11.3 Å². The van der Waals surface area contributed by atoms with Crippen molar-refractivity contribution >= 4 is 28.9 Å². The van der Waals surface area contributed by atoms with E-state index in [0.29, 0.717) is 26.1 Å². The highest BCUT2D eigenvalue weighted by atomic mass is 32.2. The van der Waals surface area contributed by atoms with Crippen LogP contribution < -0.4 is 4.72 Å². The first-order valence-electron chi connectivity index (χ1n) is 6.72. The molecule has 0 aliphatic heterocycles. The number of Topliss-reactive ketones (excluding diaryl/α,β-unsaturated/α-hetero) is 1. The summed E-state index contributed by atoms with van der Waals surface area (Å²) in [5, 5.41) is 0. The Balaban J connectivity index is -0.000000256. The molecule has 1 amide bonds. The molecule has 21 heavy (non-hydrogen) atoms. The minimum atomic E-state index is -1.65. The number of rotatable bonds is 6. The SMILES string of the molecule is CC(C)=O.CCOC(=O)CC.CCOS(=O)NC(=O)CC. The van der Waals surface area contributed by atoms with Gasteiger partial charge in [0.05, 0.1) is 13.2 Å². The molecule has 8 heteroatoms. The Kier molecular flexibility index (Phi) is 22.0. The minimum Gasteiger partial charge on any atom is -0.466 e. The lowest BCUT2D eigenvalue weighted by Gasteiger charge is -1.99. The summed E-state index contributed by atoms with van der Waals surface area (Å²) >= 11 is -1.65. The molecule has 0 aromatic carbocycles. The van der Waals surface area contributed by atoms with Crippen LogP contribution in [-0.4, -0.2) is 35.1 Å². The third-order valence-corrected chi connectivity index (χ3v) is 2.18. The maximum Gasteiger partial charge on any atom is 0.305 e. The molecule has 0 bridgehead atoms. The van der Waals surface area contributed by atoms with Crippen molar-refractivity contribution in [2.45, 2.75) is 54.4 Å². The molecule has 1 N–H and O–H groups in total. The number of ether oxygens (including phenoxy) is 1. The average molecular weight is 325 g/mol. The normalized spacial score (nSPS) is 10.0. The summed E-state index contributed by atoms with van der Waals surface area (Å²) < 4.78 is 21.8. The van der Waals surface area contributed by atoms with E-state index in [1.54, 1.807) is 27.7 Å². The number of nitrogens with one attached hydrogen (secondary N) is 1. The van der Waals surface area contributed by atoms with Gasteiger partial charge in [-0.2, -0.15) is 0 Å². The van der Waals surface area contributed by atoms with Gasteiger partial charge in [0.25, 0.3) is 11.3 Å². The van der Waals surface area contributed by atoms with Gasteiger partial charge in [0.15, 0.2) is 0 Å². The fourth-order valence-electron chi connectivity index (χ4n) is 0.565. The van der Waals surface area contributed by atoms with Gasteiger partial charge in [0, 0.05) is 12.8 Å². The van der Waals surface area contributed by atoms with Crippen LogP contribution in [0.15, 0.2) is 0 Å². The fraction of sp³-hybridized carbons (Fsp3) is 0.769. The van der Waals surface area contributed by atoms with Crippen LogP contribution in [-0.2, 0) is 34.6 Å². The van der Waals surface area contributed by atoms with Gasteiger partial charge in [-0.05, 0) is 27.7 Å². The quantitative estimate of drug-likeness (QED) is 0.746. The van der Waals surface area contributed by atoms with Gasteiger partial charge in [0.2, 0.25) is 5.91 Å². The molecule has 1 unspecified atom stereocenters. The summed E-state index contributed by atoms with van der Waals surface area (Å²) in [5.74, 6) is -0.228. The molecule has 0 aromatic rings. The Bertz CT molecular complexity index is 316. The van der Waals surface area contributed by atoms with Gasteiger partial charge < -0.3 is 9.53 Å². The zero-order valence-electron chi connectivity index (χ0n) is 13.7. The predicted octanol–water partition coefficient (Wildman–Crippen LogP) is 1.68. The molecule has 0 saturated carbocycles. The predicted molar refractivity (Wildman–Crippen MR) is 81.5 cm³/mol. The molecule has 7 nitrogen and oxygen atoms in total. The van der Waals surface area contributed by atoms with E-state index in [-0.39, 0.29) is 17.7 Å². The van der Waals surface area contributed by atoms with Gasteiger partial charge in [-0.3, -0.25) is 18.5 Å². The standard InChI is InChI=1S/C5H11NO3S.C5H10O2.C3H6O/c1-3-5(7)6-10(8)9-4-2;1-3-5(6)7-4-2;1-3(2)4/h3-4H2,1-2H3,(H,6,7);3-4H2,1-2H3;1-2H3. The van der Waals surface area contributed by atoms with E-state index in [4.69, 9.17) is 0 Å². The molecule has 0 fully saturated rings. The highest BCUT2D eigenvalue weighted by molar-refractivity contribution is 7.78. The number of amides is 1. The van der Waals surface area contributed by atoms with Crippen molar-refractivity contribution in [1.82, 2.24) is 4.72 Å². The number of hydrogen-bond donors (Lipinski definition) is 1. The van der Waals surface area contributed by atoms with Crippen molar-refractivity contribution in [1.29, 1.82) is 0 Å². The Labute approximate surface area is 129 Å². The molecule has 0 spiro atoms. The van der Waals surface area contributed by atoms with Crippen LogP contribution in [0.2, 0.25) is 0 Å². The van der Waals surface area contributed by atoms with Crippen LogP contribution in [0.4, 0.5) is 0 Å². The van der Waals surface area contributed by atoms with Gasteiger partial charge in [0.1, 0.15) is 5.78 Å². The van der Waals surface area contributed by atoms with Gasteiger partial charge in [-0.1, -0.05) is 13.8 Å². The lowest BCUT2D eigenvalue weighted by Crippen LogP contribution is -2.25. The number of hydrogen-bond acceptors (Lipinski definition) is 6. The average Bonchev–Trinajstić information content (AvgIpc) is 2.39. The van der Waals surface area contributed by atoms with Crippen LogP contribution in [0.25, 0.3) is 0 Å². The van der Waals surface area contributed by atoms with E-state index in [1.807, 2.05) is 0 Å². The molecule has 126 valence electrons. The van der Waals surface area contributed by atoms with Crippen LogP contribution in [0, 0.1) is 0 Å². The first kappa shape index (κ1) is 24.7. The van der Waals surface area contributed by atoms with E-state index in [9.17, 15) is 18.6 Å². The summed E-state index contributed by atoms with van der Waals surface area (Å²) in [6.45, 7) is 10.8. The number of ketones is 1. The maximum absolute atomic E-state index is 10.6. The molecule has 0 aliphatic carbocycles. The van der Waals surface area contributed by atoms with Crippen LogP contribution in [0.3, 0.4) is 0 Å². The highest BCUT2D eigenvalue weighted by Crippen LogP contribution is 1.82. The minimum absolute atomic E-state index is 0.123. The lowest BCUT2D eigenvalue weighted by molar-refractivity contribution is -0.142. The van der Waals surface area contributed by atoms with Crippen molar-refractivity contribution < 1.29 is 27.5 Å². The Morgan fingerprint density at radius 3 is 1.67 bits per heavy atom. The fourth-order valence-corrected chi connectivity index (χ4v) is 1.17. The summed E-state index contributed by atoms with van der Waals surface area (Å²) in [7, 11) is 0. The zero-order chi connectivity index (χ0) is 17.3. The molecular weight excluding hydrogens is 298 g/mol. The van der Waals surface area contributed by atoms with E-state index >= 15 is 0 Å². The van der Waals surface area contributed by atoms with E-state index in [2.05, 4.69) is 13.6 Å². The van der Waals surface area contributed by atoms with E-state index in [1.165, 1.54) is 13.8 Å². The first-order valence-corrected chi connectivity index (χ1v) is 7.79. The molecule has 1 atom stereocenters. The Morgan fingerprint density at radius 1 is 0.952 bits per heavy atom. The van der Waals surface area contributed by atoms with Crippen LogP contribution in [0.1, 0.15) is 54.4 Å². The molecule has 0 heterocycles. The number of esters is 1. The molecule has 0 saturated heterocycles. The van der Waals surface area contributed by atoms with E-state index in [0.717, 1.165) is 0 Å². The lowest BCUT2D eigenvalue weighted by atomic mass is 10.5. The summed E-state index contributed by atoms with van der Waals surface area (Å²) in [5.41, 5.74) is 0. The largest absolute Gasteiger partial charge is 0.466 e. The maximum atomic E-state index is 10.6. The van der Waals surface area contributed by atoms with Gasteiger partial charge >= 0.3 is 5.97 Å². The van der Waals surface area contributed by atoms with Crippen molar-refractivity contribution in [3.8, 4) is 0 Å². The van der Waals surface area contributed by atoms with Crippen LogP contribution in [0.5, 0.6) is 0 Å². The third kappa shape index (κ3) is 32.3. The zero-order valence-corrected chi connectivity index (χ0v) is 14.5. The van der Waals surface area contributed by atoms with Crippen molar-refractivity contribution in [3.05, 3.63) is 0 Å². The second kappa shape index (κ2) is 18.7. The smallest absolute Gasteiger partial charge is 0.305 e. The summed E-state index contributed by atoms with van der Waals surface area (Å²) in [6.07, 6.45) is 0.798. The monoisotopic (exact) mass is 325 g/mol. The topological polar surface area (TPSA) is 98.8 Å². The van der Waals surface area contributed by atoms with Crippen molar-refractivity contribution in [2.24, 2.45) is 0 Å². The summed E-state index contributed by atoms with van der Waals surface area (Å²) in [6, 6.07) is 0.